The van der Waals surface area contributed by atoms with Crippen LogP contribution < -0.4 is 21.2 Å². The summed E-state index contributed by atoms with van der Waals surface area (Å²) in [6.45, 7) is 12.3. The number of ketones is 1. The van der Waals surface area contributed by atoms with Gasteiger partial charge in [0, 0.05) is 61.2 Å². The van der Waals surface area contributed by atoms with Crippen molar-refractivity contribution in [3.8, 4) is 23.0 Å². The van der Waals surface area contributed by atoms with Crippen LogP contribution in [-0.4, -0.2) is 91.8 Å². The summed E-state index contributed by atoms with van der Waals surface area (Å²) in [5.41, 5.74) is 7.04. The van der Waals surface area contributed by atoms with E-state index in [1.165, 1.54) is 47.0 Å². The number of hydrazone groups is 1. The molecule has 0 saturated heterocycles. The first-order valence-corrected chi connectivity index (χ1v) is 18.3. The van der Waals surface area contributed by atoms with Gasteiger partial charge in [-0.05, 0) is 32.1 Å². The van der Waals surface area contributed by atoms with Gasteiger partial charge in [-0.15, -0.1) is 0 Å². The van der Waals surface area contributed by atoms with Crippen molar-refractivity contribution >= 4 is 57.7 Å². The van der Waals surface area contributed by atoms with Crippen LogP contribution in [0.3, 0.4) is 0 Å². The van der Waals surface area contributed by atoms with Crippen LogP contribution in [0.15, 0.2) is 41.2 Å². The number of anilines is 1. The average molecular weight is 799 g/mol. The fourth-order valence-electron chi connectivity index (χ4n) is 7.03. The number of phenols is 3. The minimum absolute atomic E-state index is 0.0122. The Morgan fingerprint density at radius 1 is 1.02 bits per heavy atom. The number of hydrogen-bond acceptors (Lipinski definition) is 14. The van der Waals surface area contributed by atoms with Crippen LogP contribution in [-0.2, 0) is 23.8 Å². The topological polar surface area (TPSA) is 252 Å². The molecule has 16 nitrogen and oxygen atoms in total. The van der Waals surface area contributed by atoms with Crippen LogP contribution in [0.5, 0.6) is 23.0 Å². The Morgan fingerprint density at radius 2 is 1.68 bits per heavy atom. The van der Waals surface area contributed by atoms with Gasteiger partial charge in [0.15, 0.2) is 10.9 Å². The second-order valence-electron chi connectivity index (χ2n) is 14.4. The number of carbonyl (C=O) groups is 3. The maximum atomic E-state index is 14.3. The molecule has 56 heavy (non-hydrogen) atoms. The van der Waals surface area contributed by atoms with Crippen molar-refractivity contribution in [3.63, 3.8) is 0 Å². The number of methoxy groups -OCH3 is 1. The predicted octanol–water partition coefficient (Wildman–Crippen LogP) is 3.92. The zero-order valence-electron chi connectivity index (χ0n) is 32.6. The number of phenolic OH excluding ortho intramolecular Hbond substituents is 3. The number of thiocarbonyl (C=S) groups is 1. The molecule has 2 aromatic carbocycles. The van der Waals surface area contributed by atoms with Gasteiger partial charge < -0.3 is 55.5 Å². The summed E-state index contributed by atoms with van der Waals surface area (Å²) in [7, 11) is 1.42. The highest BCUT2D eigenvalue weighted by Crippen LogP contribution is 2.55. The van der Waals surface area contributed by atoms with E-state index in [1.54, 1.807) is 39.8 Å². The van der Waals surface area contributed by atoms with Crippen molar-refractivity contribution in [2.24, 2.45) is 34.5 Å². The number of amides is 1. The lowest BCUT2D eigenvalue weighted by Gasteiger charge is -2.38. The van der Waals surface area contributed by atoms with Gasteiger partial charge in [-0.3, -0.25) is 19.8 Å². The number of benzene rings is 2. The molecule has 0 radical (unpaired) electrons. The van der Waals surface area contributed by atoms with Crippen LogP contribution in [0.2, 0.25) is 0 Å². The molecule has 3 aliphatic heterocycles. The highest BCUT2D eigenvalue weighted by atomic mass is 32.1. The molecule has 9 unspecified atom stereocenters. The van der Waals surface area contributed by atoms with Crippen LogP contribution >= 0.6 is 12.2 Å². The van der Waals surface area contributed by atoms with E-state index in [-0.39, 0.29) is 49.6 Å². The molecule has 9 atom stereocenters. The molecule has 0 fully saturated rings. The van der Waals surface area contributed by atoms with E-state index in [0.717, 1.165) is 12.5 Å². The highest BCUT2D eigenvalue weighted by molar-refractivity contribution is 7.80. The molecule has 0 saturated carbocycles. The zero-order chi connectivity index (χ0) is 42.0. The van der Waals surface area contributed by atoms with Gasteiger partial charge in [-0.25, -0.2) is 0 Å². The fourth-order valence-corrected chi connectivity index (χ4v) is 7.09. The number of aromatic hydroxyl groups is 3. The number of nitrogens with zero attached hydrogens (tertiary/aromatic N) is 1. The normalized spacial score (nSPS) is 30.4. The first-order chi connectivity index (χ1) is 26.2. The Morgan fingerprint density at radius 3 is 2.29 bits per heavy atom. The van der Waals surface area contributed by atoms with Crippen molar-refractivity contribution in [2.45, 2.75) is 85.6 Å². The van der Waals surface area contributed by atoms with Crippen molar-refractivity contribution in [1.82, 2.24) is 5.43 Å². The summed E-state index contributed by atoms with van der Waals surface area (Å²) in [6, 6.07) is 0. The third-order valence-electron chi connectivity index (χ3n) is 10.4. The van der Waals surface area contributed by atoms with E-state index in [1.807, 2.05) is 0 Å². The number of ether oxygens (including phenoxy) is 4. The molecule has 17 heteroatoms. The lowest BCUT2D eigenvalue weighted by atomic mass is 9.78. The predicted molar refractivity (Wildman–Crippen MR) is 211 cm³/mol. The van der Waals surface area contributed by atoms with E-state index in [9.17, 15) is 39.9 Å². The number of rotatable bonds is 4. The Hall–Kier alpha value is -5.23. The largest absolute Gasteiger partial charge is 0.507 e. The molecular weight excluding hydrogens is 749 g/mol. The number of allylic oxidation sites excluding steroid dienone is 2. The number of Topliss-reactive ketones (excluding diaryl/α,β-unsaturated/α-hetero) is 1. The van der Waals surface area contributed by atoms with Crippen LogP contribution in [0.1, 0.15) is 70.0 Å². The molecule has 304 valence electrons. The van der Waals surface area contributed by atoms with E-state index in [4.69, 9.17) is 36.9 Å². The molecule has 0 spiro atoms. The third kappa shape index (κ3) is 8.45. The standard InChI is InChI=1S/C39H50N4O12S/c1-16-11-10-12-17(2)37(51)42-28-23(15-41-43-38(40)56)32(48)25-26(33(28)49)31(47)21(6)35-27(25)36(50)39(8,55-35)53-14-13-24(52-9)18(3)34(54-22(7)44)20(5)30(46)19(4)29(16)45/h10-16,18-20,24,29-30,34,45-49H,1-9H3,(H,42,51)(H3,40,43,56)/b11-10-,14-13?,17-12-,41-15+. The fraction of sp³-hybridized carbons (Fsp3) is 0.462. The molecule has 1 amide bonds. The monoisotopic (exact) mass is 798 g/mol. The summed E-state index contributed by atoms with van der Waals surface area (Å²) in [5.74, 6) is -8.89. The van der Waals surface area contributed by atoms with Crippen molar-refractivity contribution < 1.29 is 58.9 Å². The summed E-state index contributed by atoms with van der Waals surface area (Å²) in [5, 5.41) is 63.1. The number of esters is 1. The number of hydrogen-bond donors (Lipinski definition) is 8. The minimum atomic E-state index is -2.08. The molecule has 9 N–H and O–H groups in total. The molecule has 5 bridgehead atoms. The molecule has 2 aromatic rings. The first kappa shape index (κ1) is 43.5. The minimum Gasteiger partial charge on any atom is -0.507 e. The van der Waals surface area contributed by atoms with Gasteiger partial charge >= 0.3 is 11.8 Å². The molecule has 0 aliphatic carbocycles. The van der Waals surface area contributed by atoms with E-state index >= 15 is 0 Å². The summed E-state index contributed by atoms with van der Waals surface area (Å²) >= 11 is 4.81. The van der Waals surface area contributed by atoms with Crippen LogP contribution in [0.4, 0.5) is 5.69 Å². The zero-order valence-corrected chi connectivity index (χ0v) is 33.4. The lowest BCUT2D eigenvalue weighted by molar-refractivity contribution is -0.160. The molecule has 0 aromatic heterocycles. The summed E-state index contributed by atoms with van der Waals surface area (Å²) < 4.78 is 23.4. The van der Waals surface area contributed by atoms with Gasteiger partial charge in [0.25, 0.3) is 11.7 Å². The van der Waals surface area contributed by atoms with Gasteiger partial charge in [-0.2, -0.15) is 5.10 Å². The third-order valence-corrected chi connectivity index (χ3v) is 10.5. The van der Waals surface area contributed by atoms with Gasteiger partial charge in [-0.1, -0.05) is 45.9 Å². The second-order valence-corrected chi connectivity index (χ2v) is 14.8. The Kier molecular flexibility index (Phi) is 13.4. The van der Waals surface area contributed by atoms with Gasteiger partial charge in [0.2, 0.25) is 0 Å². The second kappa shape index (κ2) is 17.3. The average Bonchev–Trinajstić information content (AvgIpc) is 3.41. The first-order valence-electron chi connectivity index (χ1n) is 17.8. The Balaban J connectivity index is 1.98. The number of aliphatic hydroxyl groups is 2. The van der Waals surface area contributed by atoms with E-state index in [2.05, 4.69) is 15.8 Å². The lowest BCUT2D eigenvalue weighted by Crippen LogP contribution is -2.46. The smallest absolute Gasteiger partial charge is 0.312 e. The summed E-state index contributed by atoms with van der Waals surface area (Å²) in [4.78, 5) is 40.1. The number of nitrogens with two attached hydrogens (primary N) is 1. The molecular formula is C39H50N4O12S. The number of nitrogens with one attached hydrogen (secondary N) is 2. The van der Waals surface area contributed by atoms with Crippen LogP contribution in [0, 0.1) is 30.6 Å². The quantitative estimate of drug-likeness (QED) is 0.0545. The highest BCUT2D eigenvalue weighted by Gasteiger charge is 2.50. The van der Waals surface area contributed by atoms with E-state index in [0.29, 0.717) is 0 Å². The number of carbonyl (C=O) groups excluding carboxylic acids is 3. The van der Waals surface area contributed by atoms with Crippen molar-refractivity contribution in [1.29, 1.82) is 0 Å². The molecule has 5 rings (SSSR count). The molecule has 3 aliphatic rings. The Bertz CT molecular complexity index is 2030. The van der Waals surface area contributed by atoms with E-state index < -0.39 is 88.8 Å². The van der Waals surface area contributed by atoms with Crippen molar-refractivity contribution in [2.75, 3.05) is 12.4 Å². The Labute approximate surface area is 329 Å². The van der Waals surface area contributed by atoms with Crippen LogP contribution in [0.25, 0.3) is 10.8 Å². The maximum absolute atomic E-state index is 14.3. The molecule has 3 heterocycles. The number of aliphatic hydroxyl groups excluding tert-OH is 2. The van der Waals surface area contributed by atoms with Gasteiger partial charge in [0.05, 0.1) is 53.0 Å². The summed E-state index contributed by atoms with van der Waals surface area (Å²) in [6.07, 6.45) is 4.31. The van der Waals surface area contributed by atoms with Gasteiger partial charge in [0.1, 0.15) is 23.4 Å². The maximum Gasteiger partial charge on any atom is 0.312 e. The van der Waals surface area contributed by atoms with Crippen molar-refractivity contribution in [3.05, 3.63) is 52.8 Å². The number of fused-ring (bicyclic) bond motifs is 14. The SMILES string of the molecule is COC1C=COC2(C)Oc3c(C)c(O)c4c(O)c(c(/C=N/NC(N)=S)c(O)c4c3C2=O)NC(=O)/C(C)=C\C=C/C(C)C(O)C(C)C(O)C(C)C(OC(C)=O)C1C.